The van der Waals surface area contributed by atoms with E-state index in [1.807, 2.05) is 47.3 Å². The maximum atomic E-state index is 5.88. The van der Waals surface area contributed by atoms with Crippen LogP contribution in [-0.4, -0.2) is 9.78 Å². The summed E-state index contributed by atoms with van der Waals surface area (Å²) in [6, 6.07) is 16.3. The number of benzene rings is 2. The van der Waals surface area contributed by atoms with Crippen molar-refractivity contribution in [1.29, 1.82) is 0 Å². The lowest BCUT2D eigenvalue weighted by atomic mass is 10.1. The normalized spacial score (nSPS) is 10.8. The lowest BCUT2D eigenvalue weighted by molar-refractivity contribution is 0.875. The number of hydrogen-bond acceptors (Lipinski definition) is 2. The highest BCUT2D eigenvalue weighted by atomic mass is 79.9. The van der Waals surface area contributed by atoms with Gasteiger partial charge in [0.1, 0.15) is 0 Å². The summed E-state index contributed by atoms with van der Waals surface area (Å²) in [5.74, 6) is 0. The lowest BCUT2D eigenvalue weighted by Gasteiger charge is -2.04. The Hall–Kier alpha value is -1.91. The third-order valence-electron chi connectivity index (χ3n) is 3.49. The van der Waals surface area contributed by atoms with Gasteiger partial charge in [-0.05, 0) is 30.7 Å². The van der Waals surface area contributed by atoms with Gasteiger partial charge in [0.05, 0.1) is 11.4 Å². The smallest absolute Gasteiger partial charge is 0.0972 e. The van der Waals surface area contributed by atoms with E-state index in [4.69, 9.17) is 10.8 Å². The molecule has 0 spiro atoms. The van der Waals surface area contributed by atoms with Crippen LogP contribution in [-0.2, 0) is 6.54 Å². The zero-order chi connectivity index (χ0) is 14.8. The molecule has 0 aliphatic carbocycles. The molecule has 0 unspecified atom stereocenters. The number of rotatable bonds is 3. The van der Waals surface area contributed by atoms with E-state index in [0.717, 1.165) is 27.0 Å². The lowest BCUT2D eigenvalue weighted by Crippen LogP contribution is -1.97. The summed E-state index contributed by atoms with van der Waals surface area (Å²) in [6.45, 7) is 2.55. The summed E-state index contributed by atoms with van der Waals surface area (Å²) in [5, 5.41) is 4.73. The van der Waals surface area contributed by atoms with Gasteiger partial charge in [0.2, 0.25) is 0 Å². The molecule has 3 rings (SSSR count). The summed E-state index contributed by atoms with van der Waals surface area (Å²) >= 11 is 3.45. The number of aromatic nitrogens is 2. The van der Waals surface area contributed by atoms with Crippen LogP contribution in [0.25, 0.3) is 16.9 Å². The van der Waals surface area contributed by atoms with Gasteiger partial charge in [-0.1, -0.05) is 46.3 Å². The van der Waals surface area contributed by atoms with Crippen LogP contribution in [0.3, 0.4) is 0 Å². The monoisotopic (exact) mass is 341 g/mol. The largest absolute Gasteiger partial charge is 0.326 e. The standard InChI is InChI=1S/C17H16BrN3/c1-12-4-2-3-5-16(12)21-11-14(10-19)17(20-21)13-6-8-15(18)9-7-13/h2-9,11H,10,19H2,1H3. The average molecular weight is 342 g/mol. The second kappa shape index (κ2) is 5.84. The first kappa shape index (κ1) is 14.0. The third kappa shape index (κ3) is 2.77. The second-order valence-corrected chi connectivity index (χ2v) is 5.86. The number of nitrogens with zero attached hydrogens (tertiary/aromatic N) is 2. The third-order valence-corrected chi connectivity index (χ3v) is 4.02. The Kier molecular flexibility index (Phi) is 3.90. The Morgan fingerprint density at radius 3 is 2.48 bits per heavy atom. The molecule has 0 fully saturated rings. The van der Waals surface area contributed by atoms with Crippen LogP contribution in [0.5, 0.6) is 0 Å². The molecular weight excluding hydrogens is 326 g/mol. The minimum absolute atomic E-state index is 0.470. The molecule has 0 aliphatic rings. The first-order chi connectivity index (χ1) is 10.2. The molecule has 0 radical (unpaired) electrons. The second-order valence-electron chi connectivity index (χ2n) is 4.95. The number of nitrogens with two attached hydrogens (primary N) is 1. The molecule has 0 amide bonds. The highest BCUT2D eigenvalue weighted by Gasteiger charge is 2.11. The van der Waals surface area contributed by atoms with Gasteiger partial charge in [-0.25, -0.2) is 4.68 Å². The summed E-state index contributed by atoms with van der Waals surface area (Å²) < 4.78 is 2.97. The molecule has 0 bridgehead atoms. The van der Waals surface area contributed by atoms with E-state index < -0.39 is 0 Å². The quantitative estimate of drug-likeness (QED) is 0.780. The first-order valence-electron chi connectivity index (χ1n) is 6.79. The van der Waals surface area contributed by atoms with Crippen LogP contribution >= 0.6 is 15.9 Å². The highest BCUT2D eigenvalue weighted by Crippen LogP contribution is 2.25. The fourth-order valence-corrected chi connectivity index (χ4v) is 2.62. The van der Waals surface area contributed by atoms with Gasteiger partial charge in [0, 0.05) is 28.3 Å². The molecule has 21 heavy (non-hydrogen) atoms. The Balaban J connectivity index is 2.11. The molecule has 3 nitrogen and oxygen atoms in total. The number of halogens is 1. The Labute approximate surface area is 132 Å². The Morgan fingerprint density at radius 2 is 1.81 bits per heavy atom. The zero-order valence-electron chi connectivity index (χ0n) is 11.8. The van der Waals surface area contributed by atoms with Gasteiger partial charge in [-0.15, -0.1) is 0 Å². The van der Waals surface area contributed by atoms with Crippen molar-refractivity contribution in [1.82, 2.24) is 9.78 Å². The van der Waals surface area contributed by atoms with Crippen LogP contribution in [0.1, 0.15) is 11.1 Å². The van der Waals surface area contributed by atoms with Crippen molar-refractivity contribution in [2.24, 2.45) is 5.73 Å². The summed E-state index contributed by atoms with van der Waals surface area (Å²) in [5.41, 5.74) is 11.2. The van der Waals surface area contributed by atoms with Crippen LogP contribution < -0.4 is 5.73 Å². The number of para-hydroxylation sites is 1. The van der Waals surface area contributed by atoms with Crippen molar-refractivity contribution >= 4 is 15.9 Å². The van der Waals surface area contributed by atoms with Crippen molar-refractivity contribution in [2.75, 3.05) is 0 Å². The molecule has 0 saturated carbocycles. The fraction of sp³-hybridized carbons (Fsp3) is 0.118. The zero-order valence-corrected chi connectivity index (χ0v) is 13.3. The van der Waals surface area contributed by atoms with E-state index >= 15 is 0 Å². The van der Waals surface area contributed by atoms with E-state index in [1.165, 1.54) is 5.56 Å². The predicted octanol–water partition coefficient (Wildman–Crippen LogP) is 4.07. The fourth-order valence-electron chi connectivity index (χ4n) is 2.35. The molecule has 3 aromatic rings. The summed E-state index contributed by atoms with van der Waals surface area (Å²) in [6.07, 6.45) is 2.01. The Morgan fingerprint density at radius 1 is 1.10 bits per heavy atom. The number of aryl methyl sites for hydroxylation is 1. The predicted molar refractivity (Wildman–Crippen MR) is 89.3 cm³/mol. The number of hydrogen-bond donors (Lipinski definition) is 1. The van der Waals surface area contributed by atoms with Crippen LogP contribution in [0.2, 0.25) is 0 Å². The maximum absolute atomic E-state index is 5.88. The molecule has 0 aliphatic heterocycles. The Bertz CT molecular complexity index is 760. The minimum atomic E-state index is 0.470. The molecule has 106 valence electrons. The van der Waals surface area contributed by atoms with Crippen molar-refractivity contribution in [3.8, 4) is 16.9 Å². The van der Waals surface area contributed by atoms with E-state index in [0.29, 0.717) is 6.54 Å². The molecule has 0 saturated heterocycles. The SMILES string of the molecule is Cc1ccccc1-n1cc(CN)c(-c2ccc(Br)cc2)n1. The highest BCUT2D eigenvalue weighted by molar-refractivity contribution is 9.10. The van der Waals surface area contributed by atoms with Crippen molar-refractivity contribution in [3.63, 3.8) is 0 Å². The van der Waals surface area contributed by atoms with Crippen LogP contribution in [0.15, 0.2) is 59.2 Å². The van der Waals surface area contributed by atoms with Gasteiger partial charge < -0.3 is 5.73 Å². The molecular formula is C17H16BrN3. The van der Waals surface area contributed by atoms with Crippen molar-refractivity contribution < 1.29 is 0 Å². The molecule has 1 aromatic heterocycles. The molecule has 2 aromatic carbocycles. The maximum Gasteiger partial charge on any atom is 0.0972 e. The van der Waals surface area contributed by atoms with Gasteiger partial charge in [0.15, 0.2) is 0 Å². The first-order valence-corrected chi connectivity index (χ1v) is 7.59. The summed E-state index contributed by atoms with van der Waals surface area (Å²) in [7, 11) is 0. The molecule has 1 heterocycles. The average Bonchev–Trinajstić information content (AvgIpc) is 2.92. The van der Waals surface area contributed by atoms with Crippen LogP contribution in [0, 0.1) is 6.92 Å². The van der Waals surface area contributed by atoms with E-state index in [1.54, 1.807) is 0 Å². The molecule has 0 atom stereocenters. The van der Waals surface area contributed by atoms with Crippen LogP contribution in [0.4, 0.5) is 0 Å². The van der Waals surface area contributed by atoms with Crippen molar-refractivity contribution in [3.05, 3.63) is 70.3 Å². The molecule has 4 heteroatoms. The van der Waals surface area contributed by atoms with Gasteiger partial charge in [-0.3, -0.25) is 0 Å². The van der Waals surface area contributed by atoms with E-state index in [-0.39, 0.29) is 0 Å². The van der Waals surface area contributed by atoms with E-state index in [9.17, 15) is 0 Å². The van der Waals surface area contributed by atoms with E-state index in [2.05, 4.69) is 35.0 Å². The molecule has 2 N–H and O–H groups in total. The van der Waals surface area contributed by atoms with Gasteiger partial charge >= 0.3 is 0 Å². The van der Waals surface area contributed by atoms with Gasteiger partial charge in [-0.2, -0.15) is 5.10 Å². The van der Waals surface area contributed by atoms with Crippen molar-refractivity contribution in [2.45, 2.75) is 13.5 Å². The topological polar surface area (TPSA) is 43.8 Å². The summed E-state index contributed by atoms with van der Waals surface area (Å²) in [4.78, 5) is 0. The van der Waals surface area contributed by atoms with Gasteiger partial charge in [0.25, 0.3) is 0 Å². The minimum Gasteiger partial charge on any atom is -0.326 e.